The van der Waals surface area contributed by atoms with Crippen LogP contribution in [0.1, 0.15) is 0 Å². The fraction of sp³-hybridized carbons (Fsp3) is 0.0667. The van der Waals surface area contributed by atoms with Crippen LogP contribution in [0.15, 0.2) is 53.0 Å². The van der Waals surface area contributed by atoms with Crippen LogP contribution in [-0.4, -0.2) is 24.0 Å². The van der Waals surface area contributed by atoms with Gasteiger partial charge in [-0.15, -0.1) is 0 Å². The van der Waals surface area contributed by atoms with Gasteiger partial charge in [0.25, 0.3) is 0 Å². The summed E-state index contributed by atoms with van der Waals surface area (Å²) in [6.45, 7) is 0. The second-order valence-electron chi connectivity index (χ2n) is 4.20. The zero-order valence-electron chi connectivity index (χ0n) is 10.7. The van der Waals surface area contributed by atoms with Crippen molar-refractivity contribution in [1.29, 1.82) is 0 Å². The fourth-order valence-electron chi connectivity index (χ4n) is 1.90. The number of carbonyl (C=O) groups excluding carboxylic acids is 1. The van der Waals surface area contributed by atoms with E-state index in [0.29, 0.717) is 5.69 Å². The minimum absolute atomic E-state index is 0.548. The predicted octanol–water partition coefficient (Wildman–Crippen LogP) is 3.16. The van der Waals surface area contributed by atoms with Crippen molar-refractivity contribution in [3.63, 3.8) is 0 Å². The molecule has 0 radical (unpaired) electrons. The lowest BCUT2D eigenvalue weighted by Gasteiger charge is -2.19. The summed E-state index contributed by atoms with van der Waals surface area (Å²) in [5.41, 5.74) is 2.25. The summed E-state index contributed by atoms with van der Waals surface area (Å²) >= 11 is 3.39. The molecule has 0 aliphatic rings. The maximum Gasteiger partial charge on any atom is 0.394 e. The highest BCUT2D eigenvalue weighted by atomic mass is 79.9. The number of carbonyl (C=O) groups is 2. The number of likely N-dealkylation sites (N-methyl/N-ethyl adjacent to an activating group) is 1. The molecule has 0 saturated heterocycles. The third-order valence-electron chi connectivity index (χ3n) is 2.89. The first kappa shape index (κ1) is 14.3. The van der Waals surface area contributed by atoms with Gasteiger partial charge in [0.05, 0.1) is 5.69 Å². The lowest BCUT2D eigenvalue weighted by molar-refractivity contribution is -0.148. The smallest absolute Gasteiger partial charge is 0.394 e. The van der Waals surface area contributed by atoms with E-state index < -0.39 is 11.9 Å². The van der Waals surface area contributed by atoms with E-state index in [0.717, 1.165) is 20.5 Å². The normalized spacial score (nSPS) is 10.1. The molecule has 0 aromatic heterocycles. The van der Waals surface area contributed by atoms with E-state index in [9.17, 15) is 9.59 Å². The zero-order chi connectivity index (χ0) is 14.7. The maximum atomic E-state index is 11.6. The van der Waals surface area contributed by atoms with E-state index in [1.165, 1.54) is 7.05 Å². The van der Waals surface area contributed by atoms with Crippen LogP contribution in [0.2, 0.25) is 0 Å². The number of anilines is 1. The van der Waals surface area contributed by atoms with Gasteiger partial charge in [0, 0.05) is 17.1 Å². The third-order valence-corrected chi connectivity index (χ3v) is 3.39. The van der Waals surface area contributed by atoms with Crippen LogP contribution in [0.25, 0.3) is 11.1 Å². The molecule has 0 fully saturated rings. The van der Waals surface area contributed by atoms with Gasteiger partial charge in [-0.3, -0.25) is 4.79 Å². The lowest BCUT2D eigenvalue weighted by Crippen LogP contribution is -2.33. The lowest BCUT2D eigenvalue weighted by atomic mass is 10.0. The van der Waals surface area contributed by atoms with Gasteiger partial charge in [0.2, 0.25) is 0 Å². The molecule has 4 nitrogen and oxygen atoms in total. The number of nitrogens with zero attached hydrogens (tertiary/aromatic N) is 1. The average Bonchev–Trinajstić information content (AvgIpc) is 2.46. The highest BCUT2D eigenvalue weighted by Gasteiger charge is 2.21. The number of aliphatic carboxylic acids is 1. The van der Waals surface area contributed by atoms with Gasteiger partial charge in [-0.2, -0.15) is 0 Å². The molecule has 2 aromatic rings. The number of benzene rings is 2. The molecular formula is C15H12BrNO3. The minimum Gasteiger partial charge on any atom is -0.474 e. The summed E-state index contributed by atoms with van der Waals surface area (Å²) in [4.78, 5) is 23.6. The summed E-state index contributed by atoms with van der Waals surface area (Å²) in [6, 6.07) is 14.8. The summed E-state index contributed by atoms with van der Waals surface area (Å²) in [6.07, 6.45) is 0. The Morgan fingerprint density at radius 1 is 1.10 bits per heavy atom. The number of amides is 1. The minimum atomic E-state index is -1.48. The van der Waals surface area contributed by atoms with Crippen LogP contribution in [-0.2, 0) is 9.59 Å². The molecule has 102 valence electrons. The molecule has 1 amide bonds. The molecule has 20 heavy (non-hydrogen) atoms. The van der Waals surface area contributed by atoms with Crippen molar-refractivity contribution in [2.75, 3.05) is 11.9 Å². The summed E-state index contributed by atoms with van der Waals surface area (Å²) < 4.78 is 0.858. The third kappa shape index (κ3) is 2.88. The molecule has 0 bridgehead atoms. The molecule has 2 aromatic carbocycles. The van der Waals surface area contributed by atoms with Gasteiger partial charge >= 0.3 is 11.9 Å². The highest BCUT2D eigenvalue weighted by Crippen LogP contribution is 2.33. The van der Waals surface area contributed by atoms with Gasteiger partial charge in [-0.25, -0.2) is 4.79 Å². The van der Waals surface area contributed by atoms with Gasteiger partial charge < -0.3 is 10.0 Å². The van der Waals surface area contributed by atoms with Crippen molar-refractivity contribution >= 4 is 33.5 Å². The second kappa shape index (κ2) is 5.88. The average molecular weight is 334 g/mol. The van der Waals surface area contributed by atoms with Crippen LogP contribution in [0, 0.1) is 0 Å². The van der Waals surface area contributed by atoms with E-state index in [1.54, 1.807) is 12.1 Å². The maximum absolute atomic E-state index is 11.6. The molecule has 2 rings (SSSR count). The first-order valence-corrected chi connectivity index (χ1v) is 6.66. The molecule has 1 N–H and O–H groups in total. The van der Waals surface area contributed by atoms with Gasteiger partial charge in [0.15, 0.2) is 0 Å². The van der Waals surface area contributed by atoms with Gasteiger partial charge in [-0.05, 0) is 23.8 Å². The van der Waals surface area contributed by atoms with E-state index in [1.807, 2.05) is 36.4 Å². The van der Waals surface area contributed by atoms with Gasteiger partial charge in [-0.1, -0.05) is 46.3 Å². The van der Waals surface area contributed by atoms with Crippen molar-refractivity contribution in [2.45, 2.75) is 0 Å². The Balaban J connectivity index is 2.54. The van der Waals surface area contributed by atoms with Crippen LogP contribution in [0.3, 0.4) is 0 Å². The Hall–Kier alpha value is -2.14. The quantitative estimate of drug-likeness (QED) is 0.859. The largest absolute Gasteiger partial charge is 0.474 e. The Morgan fingerprint density at radius 3 is 2.35 bits per heavy atom. The molecule has 0 unspecified atom stereocenters. The number of hydrogen-bond donors (Lipinski definition) is 1. The van der Waals surface area contributed by atoms with Crippen molar-refractivity contribution in [3.05, 3.63) is 53.0 Å². The van der Waals surface area contributed by atoms with Crippen LogP contribution in [0.5, 0.6) is 0 Å². The highest BCUT2D eigenvalue weighted by molar-refractivity contribution is 9.10. The Morgan fingerprint density at radius 2 is 1.75 bits per heavy atom. The van der Waals surface area contributed by atoms with E-state index in [4.69, 9.17) is 5.11 Å². The second-order valence-corrected chi connectivity index (χ2v) is 5.11. The number of rotatable bonds is 2. The van der Waals surface area contributed by atoms with Crippen LogP contribution >= 0.6 is 15.9 Å². The molecular weight excluding hydrogens is 322 g/mol. The molecule has 0 heterocycles. The van der Waals surface area contributed by atoms with Crippen molar-refractivity contribution in [1.82, 2.24) is 0 Å². The monoisotopic (exact) mass is 333 g/mol. The standard InChI is InChI=1S/C15H12BrNO3/c1-17(14(18)15(19)20)13-8-7-11(16)9-12(13)10-5-3-2-4-6-10/h2-9H,1H3,(H,19,20). The topological polar surface area (TPSA) is 57.6 Å². The van der Waals surface area contributed by atoms with Crippen molar-refractivity contribution < 1.29 is 14.7 Å². The van der Waals surface area contributed by atoms with Crippen molar-refractivity contribution in [2.24, 2.45) is 0 Å². The SMILES string of the molecule is CN(C(=O)C(=O)O)c1ccc(Br)cc1-c1ccccc1. The van der Waals surface area contributed by atoms with Gasteiger partial charge in [0.1, 0.15) is 0 Å². The molecule has 5 heteroatoms. The summed E-state index contributed by atoms with van der Waals surface area (Å²) in [5.74, 6) is -2.45. The number of carboxylic acid groups (broad SMARTS) is 1. The first-order valence-electron chi connectivity index (χ1n) is 5.86. The molecule has 0 saturated carbocycles. The summed E-state index contributed by atoms with van der Waals surface area (Å²) in [7, 11) is 1.45. The van der Waals surface area contributed by atoms with E-state index in [2.05, 4.69) is 15.9 Å². The molecule has 0 aliphatic carbocycles. The first-order chi connectivity index (χ1) is 9.50. The fourth-order valence-corrected chi connectivity index (χ4v) is 2.26. The predicted molar refractivity (Wildman–Crippen MR) is 80.6 cm³/mol. The van der Waals surface area contributed by atoms with Crippen LogP contribution < -0.4 is 4.90 Å². The molecule has 0 aliphatic heterocycles. The number of carboxylic acids is 1. The summed E-state index contributed by atoms with van der Waals surface area (Å²) in [5, 5.41) is 8.83. The van der Waals surface area contributed by atoms with E-state index in [-0.39, 0.29) is 0 Å². The Kier molecular flexibility index (Phi) is 4.20. The van der Waals surface area contributed by atoms with E-state index >= 15 is 0 Å². The number of hydrogen-bond acceptors (Lipinski definition) is 2. The van der Waals surface area contributed by atoms with Crippen LogP contribution in [0.4, 0.5) is 5.69 Å². The number of halogens is 1. The Labute approximate surface area is 124 Å². The molecule has 0 spiro atoms. The van der Waals surface area contributed by atoms with Crippen molar-refractivity contribution in [3.8, 4) is 11.1 Å². The molecule has 0 atom stereocenters. The zero-order valence-corrected chi connectivity index (χ0v) is 12.3. The Bertz CT molecular complexity index is 655.